The minimum atomic E-state index is -0.527. The zero-order valence-corrected chi connectivity index (χ0v) is 11.6. The molecule has 0 bridgehead atoms. The summed E-state index contributed by atoms with van der Waals surface area (Å²) in [7, 11) is 1.65. The van der Waals surface area contributed by atoms with E-state index in [2.05, 4.69) is 21.2 Å². The first-order valence-electron chi connectivity index (χ1n) is 5.93. The molecule has 2 N–H and O–H groups in total. The minimum absolute atomic E-state index is 0.527. The monoisotopic (exact) mass is 299 g/mol. The van der Waals surface area contributed by atoms with Gasteiger partial charge in [-0.1, -0.05) is 12.8 Å². The maximum absolute atomic E-state index is 10.2. The molecule has 3 nitrogen and oxygen atoms in total. The molecule has 0 aliphatic heterocycles. The van der Waals surface area contributed by atoms with Gasteiger partial charge in [-0.05, 0) is 40.9 Å². The van der Waals surface area contributed by atoms with Crippen molar-refractivity contribution in [2.24, 2.45) is 0 Å². The van der Waals surface area contributed by atoms with Crippen LogP contribution in [0.15, 0.2) is 22.7 Å². The summed E-state index contributed by atoms with van der Waals surface area (Å²) in [5.74, 6) is 0.799. The first-order chi connectivity index (χ1) is 8.13. The first kappa shape index (κ1) is 12.7. The van der Waals surface area contributed by atoms with Gasteiger partial charge in [-0.2, -0.15) is 0 Å². The summed E-state index contributed by atoms with van der Waals surface area (Å²) >= 11 is 3.42. The molecular weight excluding hydrogens is 282 g/mol. The molecule has 17 heavy (non-hydrogen) atoms. The molecule has 2 rings (SSSR count). The van der Waals surface area contributed by atoms with Crippen LogP contribution >= 0.6 is 15.9 Å². The maximum Gasteiger partial charge on any atom is 0.135 e. The molecule has 0 aromatic heterocycles. The van der Waals surface area contributed by atoms with Crippen molar-refractivity contribution in [2.45, 2.75) is 31.3 Å². The third-order valence-corrected chi connectivity index (χ3v) is 3.96. The Morgan fingerprint density at radius 2 is 2.12 bits per heavy atom. The molecule has 0 saturated heterocycles. The van der Waals surface area contributed by atoms with E-state index in [1.165, 1.54) is 0 Å². The molecule has 0 atom stereocenters. The predicted molar refractivity (Wildman–Crippen MR) is 72.6 cm³/mol. The minimum Gasteiger partial charge on any atom is -0.495 e. The predicted octanol–water partition coefficient (Wildman–Crippen LogP) is 3.17. The molecule has 1 fully saturated rings. The number of hydrogen-bond acceptors (Lipinski definition) is 3. The topological polar surface area (TPSA) is 41.5 Å². The number of ether oxygens (including phenoxy) is 1. The highest BCUT2D eigenvalue weighted by Gasteiger charge is 2.30. The van der Waals surface area contributed by atoms with Crippen LogP contribution in [0.3, 0.4) is 0 Å². The van der Waals surface area contributed by atoms with Gasteiger partial charge >= 0.3 is 0 Å². The van der Waals surface area contributed by atoms with Crippen LogP contribution in [0.5, 0.6) is 5.75 Å². The van der Waals surface area contributed by atoms with Crippen LogP contribution in [0.25, 0.3) is 0 Å². The lowest BCUT2D eigenvalue weighted by atomic mass is 10.0. The fraction of sp³-hybridized carbons (Fsp3) is 0.538. The van der Waals surface area contributed by atoms with Crippen molar-refractivity contribution in [1.29, 1.82) is 0 Å². The number of hydrogen-bond donors (Lipinski definition) is 2. The second kappa shape index (κ2) is 5.27. The molecule has 4 heteroatoms. The normalized spacial score (nSPS) is 18.1. The Kier molecular flexibility index (Phi) is 3.94. The van der Waals surface area contributed by atoms with Crippen molar-refractivity contribution in [3.63, 3.8) is 0 Å². The second-order valence-electron chi connectivity index (χ2n) is 4.63. The van der Waals surface area contributed by atoms with E-state index in [-0.39, 0.29) is 0 Å². The number of methoxy groups -OCH3 is 1. The Morgan fingerprint density at radius 3 is 2.76 bits per heavy atom. The van der Waals surface area contributed by atoms with Crippen LogP contribution in [0.1, 0.15) is 25.7 Å². The molecule has 1 aliphatic carbocycles. The van der Waals surface area contributed by atoms with Gasteiger partial charge in [0.15, 0.2) is 0 Å². The summed E-state index contributed by atoms with van der Waals surface area (Å²) in [5.41, 5.74) is 0.450. The van der Waals surface area contributed by atoms with Crippen LogP contribution in [-0.4, -0.2) is 24.4 Å². The number of rotatable bonds is 4. The molecule has 94 valence electrons. The number of nitrogens with one attached hydrogen (secondary N) is 1. The van der Waals surface area contributed by atoms with Gasteiger partial charge in [0, 0.05) is 18.3 Å². The number of benzene rings is 1. The molecule has 1 aliphatic rings. The van der Waals surface area contributed by atoms with Crippen LogP contribution in [0.2, 0.25) is 0 Å². The summed E-state index contributed by atoms with van der Waals surface area (Å²) in [6.07, 6.45) is 4.05. The average Bonchev–Trinajstić information content (AvgIpc) is 2.76. The fourth-order valence-corrected chi connectivity index (χ4v) is 2.65. The van der Waals surface area contributed by atoms with Gasteiger partial charge in [0.05, 0.1) is 17.2 Å². The standard InChI is InChI=1S/C13H18BrNO2/c1-17-12-8-10(4-5-11(12)14)15-9-13(16)6-2-3-7-13/h4-5,8,15-16H,2-3,6-7,9H2,1H3. The van der Waals surface area contributed by atoms with E-state index < -0.39 is 5.60 Å². The van der Waals surface area contributed by atoms with Crippen molar-refractivity contribution in [3.05, 3.63) is 22.7 Å². The third-order valence-electron chi connectivity index (χ3n) is 3.31. The van der Waals surface area contributed by atoms with Gasteiger partial charge in [0.25, 0.3) is 0 Å². The van der Waals surface area contributed by atoms with Crippen molar-refractivity contribution >= 4 is 21.6 Å². The van der Waals surface area contributed by atoms with E-state index in [0.29, 0.717) is 6.54 Å². The summed E-state index contributed by atoms with van der Waals surface area (Å²) in [6.45, 7) is 0.609. The van der Waals surface area contributed by atoms with Gasteiger partial charge < -0.3 is 15.2 Å². The lowest BCUT2D eigenvalue weighted by Gasteiger charge is -2.23. The van der Waals surface area contributed by atoms with E-state index in [9.17, 15) is 5.11 Å². The van der Waals surface area contributed by atoms with Gasteiger partial charge in [-0.25, -0.2) is 0 Å². The molecule has 0 amide bonds. The molecular formula is C13H18BrNO2. The maximum atomic E-state index is 10.2. The number of halogens is 1. The zero-order chi connectivity index (χ0) is 12.3. The van der Waals surface area contributed by atoms with Crippen molar-refractivity contribution in [1.82, 2.24) is 0 Å². The van der Waals surface area contributed by atoms with E-state index >= 15 is 0 Å². The largest absolute Gasteiger partial charge is 0.495 e. The third kappa shape index (κ3) is 3.13. The number of aliphatic hydroxyl groups is 1. The Balaban J connectivity index is 1.99. The van der Waals surface area contributed by atoms with E-state index in [0.717, 1.165) is 41.6 Å². The SMILES string of the molecule is COc1cc(NCC2(O)CCCC2)ccc1Br. The lowest BCUT2D eigenvalue weighted by Crippen LogP contribution is -2.33. The Labute approximate surface area is 110 Å². The van der Waals surface area contributed by atoms with Crippen molar-refractivity contribution in [3.8, 4) is 5.75 Å². The molecule has 0 unspecified atom stereocenters. The molecule has 0 heterocycles. The highest BCUT2D eigenvalue weighted by atomic mass is 79.9. The van der Waals surface area contributed by atoms with Crippen LogP contribution in [0.4, 0.5) is 5.69 Å². The lowest BCUT2D eigenvalue weighted by molar-refractivity contribution is 0.0615. The Hall–Kier alpha value is -0.740. The highest BCUT2D eigenvalue weighted by molar-refractivity contribution is 9.10. The highest BCUT2D eigenvalue weighted by Crippen LogP contribution is 2.31. The molecule has 1 aromatic carbocycles. The van der Waals surface area contributed by atoms with E-state index in [1.54, 1.807) is 7.11 Å². The average molecular weight is 300 g/mol. The van der Waals surface area contributed by atoms with Crippen LogP contribution in [0, 0.1) is 0 Å². The summed E-state index contributed by atoms with van der Waals surface area (Å²) < 4.78 is 6.17. The van der Waals surface area contributed by atoms with Crippen LogP contribution < -0.4 is 10.1 Å². The van der Waals surface area contributed by atoms with Gasteiger partial charge in [0.2, 0.25) is 0 Å². The molecule has 1 saturated carbocycles. The number of anilines is 1. The van der Waals surface area contributed by atoms with Crippen molar-refractivity contribution in [2.75, 3.05) is 19.0 Å². The van der Waals surface area contributed by atoms with E-state index in [4.69, 9.17) is 4.74 Å². The molecule has 0 spiro atoms. The molecule has 0 radical (unpaired) electrons. The summed E-state index contributed by atoms with van der Waals surface area (Å²) in [5, 5.41) is 13.5. The van der Waals surface area contributed by atoms with Gasteiger partial charge in [0.1, 0.15) is 5.75 Å². The Morgan fingerprint density at radius 1 is 1.41 bits per heavy atom. The fourth-order valence-electron chi connectivity index (χ4n) is 2.25. The summed E-state index contributed by atoms with van der Waals surface area (Å²) in [4.78, 5) is 0. The second-order valence-corrected chi connectivity index (χ2v) is 5.49. The Bertz CT molecular complexity index is 389. The summed E-state index contributed by atoms with van der Waals surface area (Å²) in [6, 6.07) is 5.85. The smallest absolute Gasteiger partial charge is 0.135 e. The first-order valence-corrected chi connectivity index (χ1v) is 6.72. The molecule has 1 aromatic rings. The van der Waals surface area contributed by atoms with E-state index in [1.807, 2.05) is 18.2 Å². The van der Waals surface area contributed by atoms with Crippen LogP contribution in [-0.2, 0) is 0 Å². The zero-order valence-electron chi connectivity index (χ0n) is 10.0. The quantitative estimate of drug-likeness (QED) is 0.897. The van der Waals surface area contributed by atoms with Gasteiger partial charge in [-0.15, -0.1) is 0 Å². The van der Waals surface area contributed by atoms with Crippen molar-refractivity contribution < 1.29 is 9.84 Å². The van der Waals surface area contributed by atoms with Gasteiger partial charge in [-0.3, -0.25) is 0 Å².